The fourth-order valence-electron chi connectivity index (χ4n) is 3.71. The van der Waals surface area contributed by atoms with Crippen molar-refractivity contribution >= 4 is 22.8 Å². The summed E-state index contributed by atoms with van der Waals surface area (Å²) in [7, 11) is 0. The fraction of sp³-hybridized carbons (Fsp3) is 0.500. The number of amides is 2. The minimum Gasteiger partial charge on any atom is -0.464 e. The smallest absolute Gasteiger partial charge is 0.245 e. The highest BCUT2D eigenvalue weighted by molar-refractivity contribution is 5.89. The van der Waals surface area contributed by atoms with Crippen molar-refractivity contribution in [1.82, 2.24) is 10.2 Å². The van der Waals surface area contributed by atoms with Gasteiger partial charge in [-0.05, 0) is 31.2 Å². The lowest BCUT2D eigenvalue weighted by atomic mass is 10.00. The molecular formula is C20H27N3O3. The number of nitrogens with one attached hydrogen (secondary N) is 1. The molecule has 1 aliphatic heterocycles. The van der Waals surface area contributed by atoms with Gasteiger partial charge in [-0.3, -0.25) is 9.59 Å². The molecule has 1 aromatic carbocycles. The number of hydrogen-bond donors (Lipinski definition) is 2. The van der Waals surface area contributed by atoms with E-state index in [-0.39, 0.29) is 30.3 Å². The van der Waals surface area contributed by atoms with Crippen LogP contribution in [0.25, 0.3) is 11.0 Å². The SMILES string of the molecule is CC(C)[C@H](NC(=O)CN)C(=O)N1CCC[C@H]1Cc1coc2ccccc12. The van der Waals surface area contributed by atoms with Crippen LogP contribution in [0.3, 0.4) is 0 Å². The zero-order valence-corrected chi connectivity index (χ0v) is 15.4. The van der Waals surface area contributed by atoms with E-state index in [0.29, 0.717) is 0 Å². The van der Waals surface area contributed by atoms with E-state index in [0.717, 1.165) is 42.3 Å². The number of nitrogens with two attached hydrogens (primary N) is 1. The van der Waals surface area contributed by atoms with E-state index in [1.807, 2.05) is 43.0 Å². The van der Waals surface area contributed by atoms with Crippen LogP contribution in [0.5, 0.6) is 0 Å². The average Bonchev–Trinajstić information content (AvgIpc) is 3.26. The Kier molecular flexibility index (Phi) is 5.61. The van der Waals surface area contributed by atoms with Crippen LogP contribution in [0.2, 0.25) is 0 Å². The number of likely N-dealkylation sites (tertiary alicyclic amines) is 1. The normalized spacial score (nSPS) is 18.5. The average molecular weight is 357 g/mol. The van der Waals surface area contributed by atoms with Gasteiger partial charge in [0.2, 0.25) is 11.8 Å². The number of benzene rings is 1. The Morgan fingerprint density at radius 2 is 2.12 bits per heavy atom. The molecule has 1 saturated heterocycles. The minimum absolute atomic E-state index is 0.00834. The summed E-state index contributed by atoms with van der Waals surface area (Å²) in [5.41, 5.74) is 7.39. The van der Waals surface area contributed by atoms with Gasteiger partial charge < -0.3 is 20.4 Å². The van der Waals surface area contributed by atoms with E-state index < -0.39 is 6.04 Å². The van der Waals surface area contributed by atoms with Gasteiger partial charge in [-0.2, -0.15) is 0 Å². The molecule has 1 aliphatic rings. The van der Waals surface area contributed by atoms with Crippen LogP contribution in [-0.4, -0.2) is 41.9 Å². The van der Waals surface area contributed by atoms with E-state index in [4.69, 9.17) is 10.2 Å². The first-order valence-electron chi connectivity index (χ1n) is 9.26. The van der Waals surface area contributed by atoms with Crippen LogP contribution >= 0.6 is 0 Å². The summed E-state index contributed by atoms with van der Waals surface area (Å²) < 4.78 is 5.63. The van der Waals surface area contributed by atoms with Crippen LogP contribution < -0.4 is 11.1 Å². The number of nitrogens with zero attached hydrogens (tertiary/aromatic N) is 1. The summed E-state index contributed by atoms with van der Waals surface area (Å²) in [5, 5.41) is 3.88. The maximum atomic E-state index is 13.1. The second-order valence-corrected chi connectivity index (χ2v) is 7.28. The number of hydrogen-bond acceptors (Lipinski definition) is 4. The van der Waals surface area contributed by atoms with E-state index in [1.165, 1.54) is 0 Å². The van der Waals surface area contributed by atoms with Gasteiger partial charge in [-0.1, -0.05) is 32.0 Å². The third kappa shape index (κ3) is 3.75. The molecule has 0 aliphatic carbocycles. The van der Waals surface area contributed by atoms with Gasteiger partial charge in [0.05, 0.1) is 12.8 Å². The molecule has 2 amide bonds. The highest BCUT2D eigenvalue weighted by Crippen LogP contribution is 2.28. The molecule has 6 heteroatoms. The molecule has 1 aromatic heterocycles. The molecule has 3 N–H and O–H groups in total. The van der Waals surface area contributed by atoms with Crippen LogP contribution in [0.1, 0.15) is 32.3 Å². The molecule has 1 fully saturated rings. The van der Waals surface area contributed by atoms with Gasteiger partial charge in [0.15, 0.2) is 0 Å². The molecule has 0 saturated carbocycles. The number of furan rings is 1. The zero-order valence-electron chi connectivity index (χ0n) is 15.4. The van der Waals surface area contributed by atoms with Gasteiger partial charge >= 0.3 is 0 Å². The Morgan fingerprint density at radius 1 is 1.35 bits per heavy atom. The maximum Gasteiger partial charge on any atom is 0.245 e. The summed E-state index contributed by atoms with van der Waals surface area (Å²) in [4.78, 5) is 26.7. The topological polar surface area (TPSA) is 88.6 Å². The summed E-state index contributed by atoms with van der Waals surface area (Å²) in [6, 6.07) is 7.54. The van der Waals surface area contributed by atoms with E-state index in [2.05, 4.69) is 5.32 Å². The molecular weight excluding hydrogens is 330 g/mol. The molecule has 0 bridgehead atoms. The lowest BCUT2D eigenvalue weighted by Crippen LogP contribution is -2.53. The van der Waals surface area contributed by atoms with Gasteiger partial charge in [-0.15, -0.1) is 0 Å². The third-order valence-corrected chi connectivity index (χ3v) is 5.11. The summed E-state index contributed by atoms with van der Waals surface area (Å²) >= 11 is 0. The Morgan fingerprint density at radius 3 is 2.85 bits per heavy atom. The molecule has 2 atom stereocenters. The largest absolute Gasteiger partial charge is 0.464 e. The van der Waals surface area contributed by atoms with Crippen molar-refractivity contribution in [3.05, 3.63) is 36.1 Å². The predicted octanol–water partition coefficient (Wildman–Crippen LogP) is 2.07. The van der Waals surface area contributed by atoms with Gasteiger partial charge in [-0.25, -0.2) is 0 Å². The lowest BCUT2D eigenvalue weighted by molar-refractivity contribution is -0.138. The highest BCUT2D eigenvalue weighted by atomic mass is 16.3. The first-order valence-corrected chi connectivity index (χ1v) is 9.26. The summed E-state index contributed by atoms with van der Waals surface area (Å²) in [5.74, 6) is -0.306. The van der Waals surface area contributed by atoms with Crippen molar-refractivity contribution in [1.29, 1.82) is 0 Å². The van der Waals surface area contributed by atoms with Crippen molar-refractivity contribution in [2.45, 2.75) is 45.2 Å². The van der Waals surface area contributed by atoms with Gasteiger partial charge in [0.25, 0.3) is 0 Å². The number of rotatable bonds is 6. The minimum atomic E-state index is -0.534. The third-order valence-electron chi connectivity index (χ3n) is 5.11. The number of carbonyl (C=O) groups excluding carboxylic acids is 2. The summed E-state index contributed by atoms with van der Waals surface area (Å²) in [6.07, 6.45) is 4.49. The van der Waals surface area contributed by atoms with Crippen molar-refractivity contribution in [2.75, 3.05) is 13.1 Å². The highest BCUT2D eigenvalue weighted by Gasteiger charge is 2.35. The van der Waals surface area contributed by atoms with Crippen LogP contribution in [0, 0.1) is 5.92 Å². The van der Waals surface area contributed by atoms with E-state index in [1.54, 1.807) is 6.26 Å². The standard InChI is InChI=1S/C20H27N3O3/c1-13(2)19(22-18(24)11-21)20(25)23-9-5-6-15(23)10-14-12-26-17-8-4-3-7-16(14)17/h3-4,7-8,12-13,15,19H,5-6,9-11,21H2,1-2H3,(H,22,24)/t15-,19-/m0/s1. The van der Waals surface area contributed by atoms with Crippen LogP contribution in [-0.2, 0) is 16.0 Å². The second-order valence-electron chi connectivity index (χ2n) is 7.28. The van der Waals surface area contributed by atoms with Crippen LogP contribution in [0.4, 0.5) is 0 Å². The van der Waals surface area contributed by atoms with Gasteiger partial charge in [0.1, 0.15) is 11.6 Å². The Balaban J connectivity index is 1.76. The lowest BCUT2D eigenvalue weighted by Gasteiger charge is -2.31. The van der Waals surface area contributed by atoms with Crippen molar-refractivity contribution in [3.8, 4) is 0 Å². The number of carbonyl (C=O) groups is 2. The molecule has 6 nitrogen and oxygen atoms in total. The van der Waals surface area contributed by atoms with Crippen LogP contribution in [0.15, 0.2) is 34.9 Å². The number of para-hydroxylation sites is 1. The molecule has 0 spiro atoms. The van der Waals surface area contributed by atoms with E-state index >= 15 is 0 Å². The molecule has 26 heavy (non-hydrogen) atoms. The van der Waals surface area contributed by atoms with Gasteiger partial charge in [0, 0.05) is 23.5 Å². The second kappa shape index (κ2) is 7.91. The fourth-order valence-corrected chi connectivity index (χ4v) is 3.71. The van der Waals surface area contributed by atoms with Crippen molar-refractivity contribution < 1.29 is 14.0 Å². The maximum absolute atomic E-state index is 13.1. The predicted molar refractivity (Wildman–Crippen MR) is 100 cm³/mol. The molecule has 3 rings (SSSR count). The quantitative estimate of drug-likeness (QED) is 0.828. The zero-order chi connectivity index (χ0) is 18.7. The first kappa shape index (κ1) is 18.5. The van der Waals surface area contributed by atoms with Crippen molar-refractivity contribution in [3.63, 3.8) is 0 Å². The molecule has 2 heterocycles. The Labute approximate surface area is 153 Å². The summed E-state index contributed by atoms with van der Waals surface area (Å²) in [6.45, 7) is 4.49. The molecule has 0 unspecified atom stereocenters. The number of fused-ring (bicyclic) bond motifs is 1. The molecule has 2 aromatic rings. The molecule has 0 radical (unpaired) electrons. The first-order chi connectivity index (χ1) is 12.5. The van der Waals surface area contributed by atoms with E-state index in [9.17, 15) is 9.59 Å². The Hall–Kier alpha value is -2.34. The monoisotopic (exact) mass is 357 g/mol. The molecule has 140 valence electrons. The van der Waals surface area contributed by atoms with Crippen molar-refractivity contribution in [2.24, 2.45) is 11.7 Å². The Bertz CT molecular complexity index is 783.